The summed E-state index contributed by atoms with van der Waals surface area (Å²) in [5.41, 5.74) is 1.16. The van der Waals surface area contributed by atoms with E-state index < -0.39 is 5.97 Å². The molecule has 6 heteroatoms. The summed E-state index contributed by atoms with van der Waals surface area (Å²) in [7, 11) is 1.52. The summed E-state index contributed by atoms with van der Waals surface area (Å²) in [5, 5.41) is 9.19. The van der Waals surface area contributed by atoms with Crippen molar-refractivity contribution in [3.8, 4) is 17.0 Å². The van der Waals surface area contributed by atoms with Crippen LogP contribution in [0.5, 0.6) is 5.75 Å². The maximum absolute atomic E-state index is 10.7. The summed E-state index contributed by atoms with van der Waals surface area (Å²) in [6, 6.07) is 5.09. The van der Waals surface area contributed by atoms with E-state index in [0.717, 1.165) is 0 Å². The summed E-state index contributed by atoms with van der Waals surface area (Å²) in [6.07, 6.45) is 0.991. The SMILES string of the molecule is COc1ccc(-c2ncoc2CC(=O)O)cc1Cl. The molecule has 0 amide bonds. The molecule has 1 heterocycles. The Kier molecular flexibility index (Phi) is 3.53. The standard InChI is InChI=1S/C12H10ClNO4/c1-17-9-3-2-7(4-8(9)13)12-10(5-11(15)16)18-6-14-12/h2-4,6H,5H2,1H3,(H,15,16). The van der Waals surface area contributed by atoms with Crippen molar-refractivity contribution < 1.29 is 19.1 Å². The number of halogens is 1. The van der Waals surface area contributed by atoms with Crippen LogP contribution in [0.2, 0.25) is 5.02 Å². The Bertz CT molecular complexity index is 579. The Labute approximate surface area is 108 Å². The van der Waals surface area contributed by atoms with Crippen molar-refractivity contribution in [2.24, 2.45) is 0 Å². The number of ether oxygens (including phenoxy) is 1. The number of carboxylic acid groups (broad SMARTS) is 1. The largest absolute Gasteiger partial charge is 0.495 e. The van der Waals surface area contributed by atoms with E-state index in [1.807, 2.05) is 0 Å². The van der Waals surface area contributed by atoms with Gasteiger partial charge in [-0.05, 0) is 18.2 Å². The average Bonchev–Trinajstić information content (AvgIpc) is 2.76. The smallest absolute Gasteiger partial charge is 0.311 e. The number of methoxy groups -OCH3 is 1. The fraction of sp³-hybridized carbons (Fsp3) is 0.167. The van der Waals surface area contributed by atoms with Crippen LogP contribution < -0.4 is 4.74 Å². The zero-order valence-corrected chi connectivity index (χ0v) is 10.3. The molecular weight excluding hydrogens is 258 g/mol. The van der Waals surface area contributed by atoms with Crippen molar-refractivity contribution in [1.29, 1.82) is 0 Å². The van der Waals surface area contributed by atoms with Gasteiger partial charge in [-0.3, -0.25) is 4.79 Å². The summed E-state index contributed by atoms with van der Waals surface area (Å²) >= 11 is 6.00. The second-order valence-electron chi connectivity index (χ2n) is 3.54. The molecule has 2 aromatic rings. The topological polar surface area (TPSA) is 72.6 Å². The highest BCUT2D eigenvalue weighted by Crippen LogP contribution is 2.31. The molecule has 0 spiro atoms. The van der Waals surface area contributed by atoms with Gasteiger partial charge in [0.05, 0.1) is 12.1 Å². The first kappa shape index (κ1) is 12.4. The van der Waals surface area contributed by atoms with E-state index in [1.165, 1.54) is 13.5 Å². The Balaban J connectivity index is 2.40. The predicted molar refractivity (Wildman–Crippen MR) is 64.8 cm³/mol. The normalized spacial score (nSPS) is 10.3. The number of nitrogens with zero attached hydrogens (tertiary/aromatic N) is 1. The van der Waals surface area contributed by atoms with Crippen molar-refractivity contribution in [2.45, 2.75) is 6.42 Å². The summed E-state index contributed by atoms with van der Waals surface area (Å²) in [5.74, 6) is -0.139. The van der Waals surface area contributed by atoms with E-state index in [0.29, 0.717) is 27.8 Å². The maximum Gasteiger partial charge on any atom is 0.311 e. The lowest BCUT2D eigenvalue weighted by Gasteiger charge is -2.05. The first-order valence-electron chi connectivity index (χ1n) is 5.10. The molecule has 0 unspecified atom stereocenters. The molecule has 2 rings (SSSR count). The molecule has 18 heavy (non-hydrogen) atoms. The Morgan fingerprint density at radius 3 is 2.94 bits per heavy atom. The van der Waals surface area contributed by atoms with E-state index in [1.54, 1.807) is 18.2 Å². The molecule has 1 N–H and O–H groups in total. The Hall–Kier alpha value is -2.01. The summed E-state index contributed by atoms with van der Waals surface area (Å²) in [6.45, 7) is 0. The van der Waals surface area contributed by atoms with Crippen LogP contribution in [0.1, 0.15) is 5.76 Å². The van der Waals surface area contributed by atoms with Crippen LogP contribution in [-0.2, 0) is 11.2 Å². The van der Waals surface area contributed by atoms with Gasteiger partial charge in [0.2, 0.25) is 0 Å². The number of benzene rings is 1. The second kappa shape index (κ2) is 5.10. The molecule has 1 aromatic carbocycles. The average molecular weight is 268 g/mol. The Morgan fingerprint density at radius 2 is 2.33 bits per heavy atom. The number of hydrogen-bond acceptors (Lipinski definition) is 4. The molecule has 0 bridgehead atoms. The maximum atomic E-state index is 10.7. The quantitative estimate of drug-likeness (QED) is 0.922. The Morgan fingerprint density at radius 1 is 1.56 bits per heavy atom. The first-order chi connectivity index (χ1) is 8.61. The zero-order chi connectivity index (χ0) is 13.1. The fourth-order valence-corrected chi connectivity index (χ4v) is 1.84. The van der Waals surface area contributed by atoms with E-state index in [-0.39, 0.29) is 6.42 Å². The van der Waals surface area contributed by atoms with Crippen molar-refractivity contribution in [3.63, 3.8) is 0 Å². The highest BCUT2D eigenvalue weighted by atomic mass is 35.5. The van der Waals surface area contributed by atoms with E-state index in [2.05, 4.69) is 4.98 Å². The third-order valence-corrected chi connectivity index (χ3v) is 2.67. The van der Waals surface area contributed by atoms with Crippen LogP contribution >= 0.6 is 11.6 Å². The molecule has 0 aliphatic rings. The van der Waals surface area contributed by atoms with Gasteiger partial charge in [-0.2, -0.15) is 0 Å². The van der Waals surface area contributed by atoms with Gasteiger partial charge in [0.1, 0.15) is 23.6 Å². The summed E-state index contributed by atoms with van der Waals surface area (Å²) in [4.78, 5) is 14.7. The third-order valence-electron chi connectivity index (χ3n) is 2.38. The number of hydrogen-bond donors (Lipinski definition) is 1. The van der Waals surface area contributed by atoms with Crippen molar-refractivity contribution >= 4 is 17.6 Å². The molecule has 0 aliphatic carbocycles. The van der Waals surface area contributed by atoms with Crippen LogP contribution in [-0.4, -0.2) is 23.2 Å². The molecule has 0 radical (unpaired) electrons. The van der Waals surface area contributed by atoms with Crippen LogP contribution in [0.25, 0.3) is 11.3 Å². The monoisotopic (exact) mass is 267 g/mol. The second-order valence-corrected chi connectivity index (χ2v) is 3.95. The highest BCUT2D eigenvalue weighted by molar-refractivity contribution is 6.32. The zero-order valence-electron chi connectivity index (χ0n) is 9.51. The molecule has 0 atom stereocenters. The van der Waals surface area contributed by atoms with Gasteiger partial charge in [-0.15, -0.1) is 0 Å². The van der Waals surface area contributed by atoms with Gasteiger partial charge in [-0.1, -0.05) is 11.6 Å². The third kappa shape index (κ3) is 2.46. The number of aromatic nitrogens is 1. The number of oxazole rings is 1. The number of carboxylic acids is 1. The molecule has 0 aliphatic heterocycles. The van der Waals surface area contributed by atoms with E-state index in [9.17, 15) is 4.79 Å². The van der Waals surface area contributed by atoms with Crippen LogP contribution in [0.15, 0.2) is 29.0 Å². The van der Waals surface area contributed by atoms with Gasteiger partial charge in [-0.25, -0.2) is 4.98 Å². The molecule has 0 saturated heterocycles. The van der Waals surface area contributed by atoms with Gasteiger partial charge < -0.3 is 14.3 Å². The lowest BCUT2D eigenvalue weighted by Crippen LogP contribution is -2.00. The van der Waals surface area contributed by atoms with Gasteiger partial charge in [0.15, 0.2) is 6.39 Å². The number of aliphatic carboxylic acids is 1. The summed E-state index contributed by atoms with van der Waals surface area (Å²) < 4.78 is 10.1. The molecule has 0 saturated carbocycles. The van der Waals surface area contributed by atoms with Crippen molar-refractivity contribution in [2.75, 3.05) is 7.11 Å². The highest BCUT2D eigenvalue weighted by Gasteiger charge is 2.15. The molecule has 94 valence electrons. The molecule has 5 nitrogen and oxygen atoms in total. The minimum absolute atomic E-state index is 0.223. The van der Waals surface area contributed by atoms with Crippen molar-refractivity contribution in [1.82, 2.24) is 4.98 Å². The minimum Gasteiger partial charge on any atom is -0.495 e. The van der Waals surface area contributed by atoms with Crippen LogP contribution in [0, 0.1) is 0 Å². The minimum atomic E-state index is -0.979. The lowest BCUT2D eigenvalue weighted by molar-refractivity contribution is -0.136. The fourth-order valence-electron chi connectivity index (χ4n) is 1.58. The predicted octanol–water partition coefficient (Wildman–Crippen LogP) is 2.63. The van der Waals surface area contributed by atoms with E-state index >= 15 is 0 Å². The van der Waals surface area contributed by atoms with Gasteiger partial charge in [0.25, 0.3) is 0 Å². The lowest BCUT2D eigenvalue weighted by atomic mass is 10.1. The van der Waals surface area contributed by atoms with Crippen LogP contribution in [0.3, 0.4) is 0 Å². The number of rotatable bonds is 4. The first-order valence-corrected chi connectivity index (χ1v) is 5.47. The number of carbonyl (C=O) groups is 1. The van der Waals surface area contributed by atoms with Gasteiger partial charge >= 0.3 is 5.97 Å². The molecule has 0 fully saturated rings. The van der Waals surface area contributed by atoms with E-state index in [4.69, 9.17) is 25.9 Å². The molecule has 1 aromatic heterocycles. The van der Waals surface area contributed by atoms with Crippen molar-refractivity contribution in [3.05, 3.63) is 35.4 Å². The van der Waals surface area contributed by atoms with Gasteiger partial charge in [0, 0.05) is 5.56 Å². The molecular formula is C12H10ClNO4. The van der Waals surface area contributed by atoms with Crippen LogP contribution in [0.4, 0.5) is 0 Å².